The molecular weight excluding hydrogens is 353 g/mol. The van der Waals surface area contributed by atoms with Crippen molar-refractivity contribution in [2.75, 3.05) is 0 Å². The third-order valence-corrected chi connectivity index (χ3v) is 5.86. The predicted octanol–water partition coefficient (Wildman–Crippen LogP) is 5.79. The minimum absolute atomic E-state index is 0.0523. The maximum atomic E-state index is 14.0. The van der Waals surface area contributed by atoms with Crippen LogP contribution >= 0.6 is 0 Å². The van der Waals surface area contributed by atoms with E-state index in [1.807, 2.05) is 61.2 Å². The second kappa shape index (κ2) is 7.78. The van der Waals surface area contributed by atoms with Gasteiger partial charge in [0.05, 0.1) is 6.04 Å². The molecule has 2 atom stereocenters. The first-order valence-corrected chi connectivity index (χ1v) is 10.00. The lowest BCUT2D eigenvalue weighted by molar-refractivity contribution is 0.0510. The lowest BCUT2D eigenvalue weighted by Gasteiger charge is -2.44. The van der Waals surface area contributed by atoms with Crippen LogP contribution in [0.25, 0.3) is 5.57 Å². The number of rotatable bonds is 3. The van der Waals surface area contributed by atoms with Crippen molar-refractivity contribution in [2.24, 2.45) is 0 Å². The van der Waals surface area contributed by atoms with Crippen molar-refractivity contribution in [1.82, 2.24) is 4.90 Å². The largest absolute Gasteiger partial charge is 0.445 e. The van der Waals surface area contributed by atoms with E-state index in [-0.39, 0.29) is 24.0 Å². The number of benzene rings is 2. The molecule has 1 saturated heterocycles. The van der Waals surface area contributed by atoms with Gasteiger partial charge in [0.1, 0.15) is 12.4 Å². The van der Waals surface area contributed by atoms with Crippen LogP contribution in [-0.4, -0.2) is 23.1 Å². The van der Waals surface area contributed by atoms with Crippen LogP contribution in [0.5, 0.6) is 0 Å². The van der Waals surface area contributed by atoms with E-state index in [1.54, 1.807) is 0 Å². The van der Waals surface area contributed by atoms with Gasteiger partial charge in [-0.15, -0.1) is 0 Å². The molecular formula is C24H26FNO2. The topological polar surface area (TPSA) is 29.5 Å². The second-order valence-electron chi connectivity index (χ2n) is 7.92. The van der Waals surface area contributed by atoms with E-state index in [9.17, 15) is 9.18 Å². The van der Waals surface area contributed by atoms with Gasteiger partial charge in [0.15, 0.2) is 0 Å². The minimum Gasteiger partial charge on any atom is -0.445 e. The van der Waals surface area contributed by atoms with Gasteiger partial charge in [-0.3, -0.25) is 4.90 Å². The first-order chi connectivity index (χ1) is 13.5. The van der Waals surface area contributed by atoms with Crippen LogP contribution in [0.15, 0.2) is 48.5 Å². The maximum absolute atomic E-state index is 14.0. The Morgan fingerprint density at radius 3 is 2.54 bits per heavy atom. The molecule has 2 bridgehead atoms. The second-order valence-corrected chi connectivity index (χ2v) is 7.92. The summed E-state index contributed by atoms with van der Waals surface area (Å²) in [6, 6.07) is 13.8. The van der Waals surface area contributed by atoms with Gasteiger partial charge < -0.3 is 4.74 Å². The molecule has 28 heavy (non-hydrogen) atoms. The lowest BCUT2D eigenvalue weighted by Crippen LogP contribution is -2.51. The molecule has 4 heteroatoms. The van der Waals surface area contributed by atoms with Gasteiger partial charge in [-0.1, -0.05) is 36.4 Å². The van der Waals surface area contributed by atoms with E-state index in [2.05, 4.69) is 6.08 Å². The molecule has 0 saturated carbocycles. The Labute approximate surface area is 165 Å². The zero-order chi connectivity index (χ0) is 19.7. The summed E-state index contributed by atoms with van der Waals surface area (Å²) in [5.74, 6) is -0.133. The number of aryl methyl sites for hydroxylation is 2. The molecule has 0 aromatic heterocycles. The van der Waals surface area contributed by atoms with Crippen LogP contribution < -0.4 is 0 Å². The Morgan fingerprint density at radius 1 is 1.14 bits per heavy atom. The molecule has 1 fully saturated rings. The molecule has 0 radical (unpaired) electrons. The van der Waals surface area contributed by atoms with Crippen molar-refractivity contribution in [2.45, 2.75) is 58.2 Å². The highest BCUT2D eigenvalue weighted by atomic mass is 19.1. The Bertz CT molecular complexity index is 883. The van der Waals surface area contributed by atoms with Crippen molar-refractivity contribution in [3.8, 4) is 0 Å². The highest BCUT2D eigenvalue weighted by molar-refractivity contribution is 5.75. The van der Waals surface area contributed by atoms with Crippen molar-refractivity contribution >= 4 is 11.7 Å². The molecule has 2 heterocycles. The molecule has 3 nitrogen and oxygen atoms in total. The van der Waals surface area contributed by atoms with Crippen LogP contribution in [0.2, 0.25) is 0 Å². The van der Waals surface area contributed by atoms with Gasteiger partial charge in [0.25, 0.3) is 0 Å². The monoisotopic (exact) mass is 379 g/mol. The average Bonchev–Trinajstić information content (AvgIpc) is 2.69. The van der Waals surface area contributed by atoms with Gasteiger partial charge in [0, 0.05) is 6.04 Å². The number of fused-ring (bicyclic) bond motifs is 2. The van der Waals surface area contributed by atoms with Crippen LogP contribution in [0, 0.1) is 19.7 Å². The summed E-state index contributed by atoms with van der Waals surface area (Å²) in [7, 11) is 0. The minimum atomic E-state index is -0.236. The van der Waals surface area contributed by atoms with E-state index in [0.717, 1.165) is 36.8 Å². The van der Waals surface area contributed by atoms with E-state index < -0.39 is 0 Å². The number of nitrogens with zero attached hydrogens (tertiary/aromatic N) is 1. The molecule has 2 aliphatic rings. The van der Waals surface area contributed by atoms with Crippen LogP contribution in [-0.2, 0) is 11.3 Å². The number of piperidine rings is 1. The number of halogens is 1. The highest BCUT2D eigenvalue weighted by Crippen LogP contribution is 2.38. The summed E-state index contributed by atoms with van der Waals surface area (Å²) in [4.78, 5) is 14.7. The fourth-order valence-electron chi connectivity index (χ4n) is 4.45. The number of hydrogen-bond acceptors (Lipinski definition) is 2. The van der Waals surface area contributed by atoms with E-state index in [4.69, 9.17) is 4.74 Å². The van der Waals surface area contributed by atoms with Gasteiger partial charge in [-0.2, -0.15) is 0 Å². The summed E-state index contributed by atoms with van der Waals surface area (Å²) in [5.41, 5.74) is 4.63. The summed E-state index contributed by atoms with van der Waals surface area (Å²) in [5, 5.41) is 0. The molecule has 1 amide bonds. The van der Waals surface area contributed by atoms with E-state index in [0.29, 0.717) is 17.7 Å². The first-order valence-electron chi connectivity index (χ1n) is 10.00. The summed E-state index contributed by atoms with van der Waals surface area (Å²) in [6.07, 6.45) is 5.78. The predicted molar refractivity (Wildman–Crippen MR) is 108 cm³/mol. The smallest absolute Gasteiger partial charge is 0.410 e. The molecule has 4 rings (SSSR count). The van der Waals surface area contributed by atoms with Crippen molar-refractivity contribution < 1.29 is 13.9 Å². The third-order valence-electron chi connectivity index (χ3n) is 5.86. The standard InChI is InChI=1S/C24H26FNO2/c1-16-11-19(12-17(2)23(16)25)20-13-21-9-6-10-22(14-20)26(21)24(27)28-15-18-7-4-3-5-8-18/h3-5,7-8,11-13,21-22H,6,9-10,14-15H2,1-2H3. The van der Waals surface area contributed by atoms with Crippen molar-refractivity contribution in [1.29, 1.82) is 0 Å². The summed E-state index contributed by atoms with van der Waals surface area (Å²) < 4.78 is 19.6. The van der Waals surface area contributed by atoms with Gasteiger partial charge >= 0.3 is 6.09 Å². The number of hydrogen-bond donors (Lipinski definition) is 0. The molecule has 0 spiro atoms. The summed E-state index contributed by atoms with van der Waals surface area (Å²) >= 11 is 0. The fourth-order valence-corrected chi connectivity index (χ4v) is 4.45. The molecule has 2 aromatic rings. The lowest BCUT2D eigenvalue weighted by atomic mass is 9.82. The quantitative estimate of drug-likeness (QED) is 0.675. The number of carbonyl (C=O) groups excluding carboxylic acids is 1. The van der Waals surface area contributed by atoms with Gasteiger partial charge in [0.2, 0.25) is 0 Å². The number of carbonyl (C=O) groups is 1. The number of amides is 1. The Balaban J connectivity index is 1.53. The zero-order valence-corrected chi connectivity index (χ0v) is 16.5. The fraction of sp³-hybridized carbons (Fsp3) is 0.375. The Morgan fingerprint density at radius 2 is 1.86 bits per heavy atom. The summed E-state index contributed by atoms with van der Waals surface area (Å²) in [6.45, 7) is 3.91. The van der Waals surface area contributed by atoms with Gasteiger partial charge in [-0.05, 0) is 79.5 Å². The third kappa shape index (κ3) is 3.68. The normalized spacial score (nSPS) is 21.2. The van der Waals surface area contributed by atoms with Crippen LogP contribution in [0.1, 0.15) is 47.9 Å². The Kier molecular flexibility index (Phi) is 5.21. The average molecular weight is 379 g/mol. The molecule has 0 aliphatic carbocycles. The number of ether oxygens (including phenoxy) is 1. The maximum Gasteiger partial charge on any atom is 0.410 e. The molecule has 0 N–H and O–H groups in total. The van der Waals surface area contributed by atoms with Crippen LogP contribution in [0.3, 0.4) is 0 Å². The van der Waals surface area contributed by atoms with Crippen LogP contribution in [0.4, 0.5) is 9.18 Å². The first kappa shape index (κ1) is 18.7. The van der Waals surface area contributed by atoms with Gasteiger partial charge in [-0.25, -0.2) is 9.18 Å². The molecule has 2 unspecified atom stereocenters. The van der Waals surface area contributed by atoms with Crippen molar-refractivity contribution in [3.63, 3.8) is 0 Å². The Hall–Kier alpha value is -2.62. The molecule has 146 valence electrons. The van der Waals surface area contributed by atoms with E-state index >= 15 is 0 Å². The molecule has 2 aromatic carbocycles. The highest BCUT2D eigenvalue weighted by Gasteiger charge is 2.38. The SMILES string of the molecule is Cc1cc(C2=CC3CCCC(C2)N3C(=O)OCc2ccccc2)cc(C)c1F. The van der Waals surface area contributed by atoms with E-state index in [1.165, 1.54) is 5.57 Å². The zero-order valence-electron chi connectivity index (χ0n) is 16.5. The molecule has 2 aliphatic heterocycles. The van der Waals surface area contributed by atoms with Crippen molar-refractivity contribution in [3.05, 3.63) is 76.6 Å².